The van der Waals surface area contributed by atoms with Crippen molar-refractivity contribution in [3.05, 3.63) is 15.6 Å². The standard InChI is InChI=1S/C15H28N2S/c1-5-9-10-16-11-14-13(8-4)17-15(18-14)12(6-2)7-3/h12,16H,5-11H2,1-4H3. The second-order valence-corrected chi connectivity index (χ2v) is 5.93. The molecule has 0 fully saturated rings. The molecule has 2 nitrogen and oxygen atoms in total. The molecule has 104 valence electrons. The van der Waals surface area contributed by atoms with E-state index in [-0.39, 0.29) is 0 Å². The van der Waals surface area contributed by atoms with Crippen molar-refractivity contribution in [2.45, 2.75) is 72.3 Å². The minimum Gasteiger partial charge on any atom is -0.312 e. The van der Waals surface area contributed by atoms with Gasteiger partial charge in [-0.1, -0.05) is 34.1 Å². The fraction of sp³-hybridized carbons (Fsp3) is 0.800. The highest BCUT2D eigenvalue weighted by Gasteiger charge is 2.15. The normalized spacial score (nSPS) is 11.4. The molecule has 0 aliphatic rings. The molecule has 1 aromatic heterocycles. The van der Waals surface area contributed by atoms with Gasteiger partial charge in [0.05, 0.1) is 10.7 Å². The van der Waals surface area contributed by atoms with Crippen molar-refractivity contribution in [3.8, 4) is 0 Å². The third kappa shape index (κ3) is 4.36. The van der Waals surface area contributed by atoms with Gasteiger partial charge >= 0.3 is 0 Å². The van der Waals surface area contributed by atoms with Crippen LogP contribution in [-0.4, -0.2) is 11.5 Å². The monoisotopic (exact) mass is 268 g/mol. The van der Waals surface area contributed by atoms with E-state index in [1.54, 1.807) is 0 Å². The molecular formula is C15H28N2S. The van der Waals surface area contributed by atoms with Crippen molar-refractivity contribution in [1.82, 2.24) is 10.3 Å². The summed E-state index contributed by atoms with van der Waals surface area (Å²) in [5.41, 5.74) is 1.31. The number of rotatable bonds is 9. The SMILES string of the molecule is CCCCNCc1sc(C(CC)CC)nc1CC. The minimum atomic E-state index is 0.657. The molecule has 0 radical (unpaired) electrons. The van der Waals surface area contributed by atoms with Gasteiger partial charge in [0, 0.05) is 17.3 Å². The van der Waals surface area contributed by atoms with E-state index < -0.39 is 0 Å². The van der Waals surface area contributed by atoms with Crippen molar-refractivity contribution in [2.24, 2.45) is 0 Å². The number of thiazole rings is 1. The first-order valence-corrected chi connectivity index (χ1v) is 8.27. The Hall–Kier alpha value is -0.410. The maximum Gasteiger partial charge on any atom is 0.0962 e. The highest BCUT2D eigenvalue weighted by atomic mass is 32.1. The van der Waals surface area contributed by atoms with Crippen LogP contribution < -0.4 is 5.32 Å². The van der Waals surface area contributed by atoms with E-state index in [2.05, 4.69) is 33.0 Å². The summed E-state index contributed by atoms with van der Waals surface area (Å²) < 4.78 is 0. The molecule has 0 saturated heterocycles. The Morgan fingerprint density at radius 1 is 1.17 bits per heavy atom. The van der Waals surface area contributed by atoms with Crippen molar-refractivity contribution >= 4 is 11.3 Å². The summed E-state index contributed by atoms with van der Waals surface area (Å²) >= 11 is 1.93. The van der Waals surface area contributed by atoms with Crippen LogP contribution in [0.15, 0.2) is 0 Å². The molecule has 1 heterocycles. The molecule has 1 aromatic rings. The van der Waals surface area contributed by atoms with Crippen molar-refractivity contribution in [3.63, 3.8) is 0 Å². The topological polar surface area (TPSA) is 24.9 Å². The minimum absolute atomic E-state index is 0.657. The van der Waals surface area contributed by atoms with Gasteiger partial charge in [-0.3, -0.25) is 0 Å². The fourth-order valence-corrected chi connectivity index (χ4v) is 3.52. The molecule has 0 atom stereocenters. The zero-order chi connectivity index (χ0) is 13.4. The molecule has 0 bridgehead atoms. The summed E-state index contributed by atoms with van der Waals surface area (Å²) in [6, 6.07) is 0. The first-order chi connectivity index (χ1) is 8.76. The maximum atomic E-state index is 4.85. The lowest BCUT2D eigenvalue weighted by Gasteiger charge is -2.07. The zero-order valence-corrected chi connectivity index (χ0v) is 13.2. The van der Waals surface area contributed by atoms with Gasteiger partial charge in [0.15, 0.2) is 0 Å². The summed E-state index contributed by atoms with van der Waals surface area (Å²) in [4.78, 5) is 6.30. The molecule has 0 aliphatic carbocycles. The van der Waals surface area contributed by atoms with Gasteiger partial charge in [0.1, 0.15) is 0 Å². The predicted octanol–water partition coefficient (Wildman–Crippen LogP) is 4.50. The Bertz CT molecular complexity index is 329. The molecular weight excluding hydrogens is 240 g/mol. The number of nitrogens with zero attached hydrogens (tertiary/aromatic N) is 1. The van der Waals surface area contributed by atoms with Crippen LogP contribution in [0.1, 0.15) is 74.9 Å². The quantitative estimate of drug-likeness (QED) is 0.667. The number of hydrogen-bond donors (Lipinski definition) is 1. The maximum absolute atomic E-state index is 4.85. The number of aromatic nitrogens is 1. The zero-order valence-electron chi connectivity index (χ0n) is 12.4. The van der Waals surface area contributed by atoms with Crippen LogP contribution in [0.5, 0.6) is 0 Å². The average Bonchev–Trinajstić information content (AvgIpc) is 2.79. The van der Waals surface area contributed by atoms with E-state index in [1.165, 1.54) is 41.3 Å². The molecule has 3 heteroatoms. The number of aryl methyl sites for hydroxylation is 1. The third-order valence-electron chi connectivity index (χ3n) is 3.46. The molecule has 1 N–H and O–H groups in total. The summed E-state index contributed by atoms with van der Waals surface area (Å²) in [5, 5.41) is 4.89. The van der Waals surface area contributed by atoms with Crippen LogP contribution in [0.25, 0.3) is 0 Å². The Kier molecular flexibility index (Phi) is 7.52. The molecule has 1 rings (SSSR count). The fourth-order valence-electron chi connectivity index (χ4n) is 2.13. The lowest BCUT2D eigenvalue weighted by Crippen LogP contribution is -2.14. The number of hydrogen-bond acceptors (Lipinski definition) is 3. The van der Waals surface area contributed by atoms with E-state index in [4.69, 9.17) is 4.98 Å². The average molecular weight is 268 g/mol. The molecule has 18 heavy (non-hydrogen) atoms. The lowest BCUT2D eigenvalue weighted by molar-refractivity contribution is 0.633. The highest BCUT2D eigenvalue weighted by molar-refractivity contribution is 7.11. The van der Waals surface area contributed by atoms with Gasteiger partial charge in [0.25, 0.3) is 0 Å². The first-order valence-electron chi connectivity index (χ1n) is 7.45. The van der Waals surface area contributed by atoms with Crippen LogP contribution >= 0.6 is 11.3 Å². The predicted molar refractivity (Wildman–Crippen MR) is 81.4 cm³/mol. The van der Waals surface area contributed by atoms with Gasteiger partial charge in [-0.15, -0.1) is 11.3 Å². The molecule has 0 spiro atoms. The van der Waals surface area contributed by atoms with E-state index >= 15 is 0 Å². The van der Waals surface area contributed by atoms with Crippen LogP contribution in [0.2, 0.25) is 0 Å². The molecule has 0 aliphatic heterocycles. The van der Waals surface area contributed by atoms with Crippen LogP contribution in [0, 0.1) is 0 Å². The van der Waals surface area contributed by atoms with Gasteiger partial charge < -0.3 is 5.32 Å². The van der Waals surface area contributed by atoms with Gasteiger partial charge in [-0.25, -0.2) is 4.98 Å². The van der Waals surface area contributed by atoms with Gasteiger partial charge in [-0.05, 0) is 32.2 Å². The summed E-state index contributed by atoms with van der Waals surface area (Å²) in [7, 11) is 0. The second-order valence-electron chi connectivity index (χ2n) is 4.82. The van der Waals surface area contributed by atoms with E-state index in [9.17, 15) is 0 Å². The molecule has 0 amide bonds. The Morgan fingerprint density at radius 3 is 2.44 bits per heavy atom. The number of unbranched alkanes of at least 4 members (excludes halogenated alkanes) is 1. The summed E-state index contributed by atoms with van der Waals surface area (Å²) in [5.74, 6) is 0.657. The Balaban J connectivity index is 2.65. The van der Waals surface area contributed by atoms with Crippen LogP contribution in [0.3, 0.4) is 0 Å². The van der Waals surface area contributed by atoms with Crippen molar-refractivity contribution in [1.29, 1.82) is 0 Å². The van der Waals surface area contributed by atoms with Crippen molar-refractivity contribution in [2.75, 3.05) is 6.54 Å². The molecule has 0 aromatic carbocycles. The summed E-state index contributed by atoms with van der Waals surface area (Å²) in [6.07, 6.45) is 5.99. The van der Waals surface area contributed by atoms with Crippen LogP contribution in [-0.2, 0) is 13.0 Å². The van der Waals surface area contributed by atoms with Gasteiger partial charge in [-0.2, -0.15) is 0 Å². The smallest absolute Gasteiger partial charge is 0.0962 e. The largest absolute Gasteiger partial charge is 0.312 e. The summed E-state index contributed by atoms with van der Waals surface area (Å²) in [6.45, 7) is 11.1. The Labute approximate surface area is 116 Å². The van der Waals surface area contributed by atoms with E-state index in [0.29, 0.717) is 5.92 Å². The van der Waals surface area contributed by atoms with Crippen LogP contribution in [0.4, 0.5) is 0 Å². The lowest BCUT2D eigenvalue weighted by atomic mass is 10.1. The highest BCUT2D eigenvalue weighted by Crippen LogP contribution is 2.29. The van der Waals surface area contributed by atoms with Crippen molar-refractivity contribution < 1.29 is 0 Å². The third-order valence-corrected chi connectivity index (χ3v) is 4.72. The molecule has 0 unspecified atom stereocenters. The van der Waals surface area contributed by atoms with E-state index in [0.717, 1.165) is 19.5 Å². The van der Waals surface area contributed by atoms with E-state index in [1.807, 2.05) is 11.3 Å². The Morgan fingerprint density at radius 2 is 1.89 bits per heavy atom. The number of nitrogens with one attached hydrogen (secondary N) is 1. The second kappa shape index (κ2) is 8.65. The first kappa shape index (κ1) is 15.6. The van der Waals surface area contributed by atoms with Gasteiger partial charge in [0.2, 0.25) is 0 Å². The molecule has 0 saturated carbocycles.